The molecule has 3 nitrogen and oxygen atoms in total. The number of ether oxygens (including phenoxy) is 1. The van der Waals surface area contributed by atoms with Gasteiger partial charge in [-0.2, -0.15) is 13.2 Å². The van der Waals surface area contributed by atoms with E-state index in [0.717, 1.165) is 25.3 Å². The smallest absolute Gasteiger partial charge is 0.433 e. The van der Waals surface area contributed by atoms with Gasteiger partial charge < -0.3 is 10.5 Å². The van der Waals surface area contributed by atoms with Crippen LogP contribution in [0.1, 0.15) is 25.0 Å². The molecule has 0 aromatic carbocycles. The maximum absolute atomic E-state index is 12.5. The van der Waals surface area contributed by atoms with Crippen molar-refractivity contribution in [3.05, 3.63) is 23.9 Å². The zero-order chi connectivity index (χ0) is 13.2. The van der Waals surface area contributed by atoms with Crippen LogP contribution in [0.2, 0.25) is 0 Å². The van der Waals surface area contributed by atoms with Gasteiger partial charge in [0, 0.05) is 12.0 Å². The van der Waals surface area contributed by atoms with Crippen LogP contribution in [0.3, 0.4) is 0 Å². The summed E-state index contributed by atoms with van der Waals surface area (Å²) >= 11 is 0. The second kappa shape index (κ2) is 5.14. The van der Waals surface area contributed by atoms with Crippen LogP contribution in [-0.4, -0.2) is 17.6 Å². The summed E-state index contributed by atoms with van der Waals surface area (Å²) in [6.45, 7) is 0.490. The van der Waals surface area contributed by atoms with Gasteiger partial charge in [-0.25, -0.2) is 4.98 Å². The fourth-order valence-corrected chi connectivity index (χ4v) is 2.22. The lowest BCUT2D eigenvalue weighted by Crippen LogP contribution is -2.28. The normalized spacial score (nSPS) is 24.2. The minimum atomic E-state index is -4.44. The zero-order valence-corrected chi connectivity index (χ0v) is 9.78. The molecule has 2 N–H and O–H groups in total. The van der Waals surface area contributed by atoms with Crippen molar-refractivity contribution in [2.45, 2.75) is 31.5 Å². The van der Waals surface area contributed by atoms with Crippen molar-refractivity contribution in [3.63, 3.8) is 0 Å². The maximum Gasteiger partial charge on any atom is 0.433 e. The summed E-state index contributed by atoms with van der Waals surface area (Å²) in [6.07, 6.45) is -1.79. The number of aromatic nitrogens is 1. The summed E-state index contributed by atoms with van der Waals surface area (Å²) in [6, 6.07) is 3.68. The first-order valence-corrected chi connectivity index (χ1v) is 5.91. The molecule has 1 saturated carbocycles. The molecule has 2 rings (SSSR count). The lowest BCUT2D eigenvalue weighted by Gasteiger charge is -2.19. The summed E-state index contributed by atoms with van der Waals surface area (Å²) < 4.78 is 43.0. The van der Waals surface area contributed by atoms with Crippen LogP contribution in [0.5, 0.6) is 5.88 Å². The Hall–Kier alpha value is -1.30. The molecule has 1 heterocycles. The molecule has 0 bridgehead atoms. The van der Waals surface area contributed by atoms with E-state index in [9.17, 15) is 13.2 Å². The lowest BCUT2D eigenvalue weighted by atomic mass is 10.1. The number of halogens is 3. The van der Waals surface area contributed by atoms with Crippen molar-refractivity contribution >= 4 is 0 Å². The number of hydrogen-bond donors (Lipinski definition) is 1. The number of nitrogens with zero attached hydrogens (tertiary/aromatic N) is 1. The Balaban J connectivity index is 2.10. The van der Waals surface area contributed by atoms with Gasteiger partial charge in [-0.3, -0.25) is 0 Å². The number of rotatable bonds is 3. The first-order chi connectivity index (χ1) is 8.50. The zero-order valence-electron chi connectivity index (χ0n) is 9.78. The molecule has 1 aromatic heterocycles. The highest BCUT2D eigenvalue weighted by Crippen LogP contribution is 2.31. The highest BCUT2D eigenvalue weighted by Gasteiger charge is 2.33. The molecule has 1 aliphatic carbocycles. The second-order valence-electron chi connectivity index (χ2n) is 4.44. The second-order valence-corrected chi connectivity index (χ2v) is 4.44. The summed E-state index contributed by atoms with van der Waals surface area (Å²) in [7, 11) is 0. The molecule has 0 spiro atoms. The number of alkyl halides is 3. The molecule has 100 valence electrons. The third kappa shape index (κ3) is 2.93. The molecular weight excluding hydrogens is 245 g/mol. The Kier molecular flexibility index (Phi) is 3.75. The van der Waals surface area contributed by atoms with E-state index < -0.39 is 11.9 Å². The van der Waals surface area contributed by atoms with Gasteiger partial charge in [0.2, 0.25) is 5.88 Å². The van der Waals surface area contributed by atoms with Crippen LogP contribution in [-0.2, 0) is 6.18 Å². The fraction of sp³-hybridized carbons (Fsp3) is 0.583. The number of pyridine rings is 1. The molecule has 0 radical (unpaired) electrons. The van der Waals surface area contributed by atoms with Crippen molar-refractivity contribution in [2.75, 3.05) is 6.54 Å². The van der Waals surface area contributed by atoms with Crippen LogP contribution in [0, 0.1) is 5.92 Å². The predicted octanol–water partition coefficient (Wildman–Crippen LogP) is 2.61. The fourth-order valence-electron chi connectivity index (χ4n) is 2.22. The van der Waals surface area contributed by atoms with Crippen molar-refractivity contribution in [1.29, 1.82) is 0 Å². The van der Waals surface area contributed by atoms with Gasteiger partial charge in [-0.05, 0) is 31.9 Å². The standard InChI is InChI=1S/C12H15F3N2O/c13-12(14,15)10-5-2-6-11(17-10)18-9-4-1-3-8(9)7-16/h2,5-6,8-9H,1,3-4,7,16H2. The summed E-state index contributed by atoms with van der Waals surface area (Å²) in [5, 5.41) is 0. The van der Waals surface area contributed by atoms with Gasteiger partial charge in [0.1, 0.15) is 11.8 Å². The van der Waals surface area contributed by atoms with Crippen LogP contribution >= 0.6 is 0 Å². The van der Waals surface area contributed by atoms with Crippen molar-refractivity contribution in [1.82, 2.24) is 4.98 Å². The molecule has 18 heavy (non-hydrogen) atoms. The average molecular weight is 260 g/mol. The van der Waals surface area contributed by atoms with E-state index in [1.54, 1.807) is 0 Å². The SMILES string of the molecule is NCC1CCCC1Oc1cccc(C(F)(F)F)n1. The minimum absolute atomic E-state index is 0.0233. The Labute approximate surface area is 103 Å². The Morgan fingerprint density at radius 3 is 2.78 bits per heavy atom. The molecule has 0 saturated heterocycles. The van der Waals surface area contributed by atoms with Crippen molar-refractivity contribution < 1.29 is 17.9 Å². The molecule has 0 aliphatic heterocycles. The van der Waals surface area contributed by atoms with E-state index in [1.165, 1.54) is 12.1 Å². The molecule has 2 unspecified atom stereocenters. The molecule has 1 aromatic rings. The first kappa shape index (κ1) is 13.1. The predicted molar refractivity (Wildman–Crippen MR) is 60.1 cm³/mol. The van der Waals surface area contributed by atoms with Crippen molar-refractivity contribution in [3.8, 4) is 5.88 Å². The van der Waals surface area contributed by atoms with Crippen LogP contribution in [0.4, 0.5) is 13.2 Å². The van der Waals surface area contributed by atoms with Crippen LogP contribution < -0.4 is 10.5 Å². The summed E-state index contributed by atoms with van der Waals surface area (Å²) in [5.74, 6) is 0.233. The van der Waals surface area contributed by atoms with E-state index in [-0.39, 0.29) is 17.9 Å². The molecule has 1 aliphatic rings. The van der Waals surface area contributed by atoms with Crippen molar-refractivity contribution in [2.24, 2.45) is 11.7 Å². The number of hydrogen-bond acceptors (Lipinski definition) is 3. The van der Waals surface area contributed by atoms with E-state index in [2.05, 4.69) is 4.98 Å². The molecule has 6 heteroatoms. The Morgan fingerprint density at radius 2 is 2.11 bits per heavy atom. The van der Waals surface area contributed by atoms with E-state index in [0.29, 0.717) is 6.54 Å². The van der Waals surface area contributed by atoms with Gasteiger partial charge in [0.25, 0.3) is 0 Å². The highest BCUT2D eigenvalue weighted by atomic mass is 19.4. The summed E-state index contributed by atoms with van der Waals surface area (Å²) in [4.78, 5) is 3.49. The lowest BCUT2D eigenvalue weighted by molar-refractivity contribution is -0.141. The topological polar surface area (TPSA) is 48.1 Å². The van der Waals surface area contributed by atoms with Crippen LogP contribution in [0.25, 0.3) is 0 Å². The molecular formula is C12H15F3N2O. The molecule has 1 fully saturated rings. The highest BCUT2D eigenvalue weighted by molar-refractivity contribution is 5.18. The van der Waals surface area contributed by atoms with E-state index in [4.69, 9.17) is 10.5 Å². The van der Waals surface area contributed by atoms with Gasteiger partial charge in [-0.1, -0.05) is 6.07 Å². The van der Waals surface area contributed by atoms with Gasteiger partial charge >= 0.3 is 6.18 Å². The molecule has 0 amide bonds. The minimum Gasteiger partial charge on any atom is -0.474 e. The first-order valence-electron chi connectivity index (χ1n) is 5.91. The van der Waals surface area contributed by atoms with E-state index in [1.807, 2.05) is 0 Å². The summed E-state index contributed by atoms with van der Waals surface area (Å²) in [5.41, 5.74) is 4.67. The van der Waals surface area contributed by atoms with Gasteiger partial charge in [-0.15, -0.1) is 0 Å². The largest absolute Gasteiger partial charge is 0.474 e. The van der Waals surface area contributed by atoms with Crippen LogP contribution in [0.15, 0.2) is 18.2 Å². The van der Waals surface area contributed by atoms with Gasteiger partial charge in [0.15, 0.2) is 0 Å². The quantitative estimate of drug-likeness (QED) is 0.908. The van der Waals surface area contributed by atoms with E-state index >= 15 is 0 Å². The maximum atomic E-state index is 12.5. The number of nitrogens with two attached hydrogens (primary N) is 1. The monoisotopic (exact) mass is 260 g/mol. The average Bonchev–Trinajstić information content (AvgIpc) is 2.75. The molecule has 2 atom stereocenters. The van der Waals surface area contributed by atoms with Gasteiger partial charge in [0.05, 0.1) is 0 Å². The Morgan fingerprint density at radius 1 is 1.33 bits per heavy atom. The third-order valence-corrected chi connectivity index (χ3v) is 3.18. The Bertz CT molecular complexity index is 409. The third-order valence-electron chi connectivity index (χ3n) is 3.18.